The van der Waals surface area contributed by atoms with Crippen LogP contribution in [-0.4, -0.2) is 4.57 Å². The molecule has 1 heterocycles. The fraction of sp³-hybridized carbons (Fsp3) is 0.0303. The van der Waals surface area contributed by atoms with E-state index in [0.717, 1.165) is 38.6 Å². The normalized spacial score (nSPS) is 10.9. The third kappa shape index (κ3) is 3.52. The Morgan fingerprint density at radius 1 is 0.556 bits per heavy atom. The van der Waals surface area contributed by atoms with Gasteiger partial charge in [0.1, 0.15) is 0 Å². The van der Waals surface area contributed by atoms with Crippen LogP contribution in [0.3, 0.4) is 0 Å². The van der Waals surface area contributed by atoms with E-state index in [1.165, 1.54) is 16.7 Å². The van der Waals surface area contributed by atoms with E-state index < -0.39 is 0 Å². The fourth-order valence-electron chi connectivity index (χ4n) is 5.09. The molecule has 0 atom stereocenters. The highest BCUT2D eigenvalue weighted by atomic mass is 15.0. The Kier molecular flexibility index (Phi) is 5.11. The average Bonchev–Trinajstić information content (AvgIpc) is 3.26. The van der Waals surface area contributed by atoms with Crippen LogP contribution < -0.4 is 0 Å². The first-order valence-corrected chi connectivity index (χ1v) is 11.8. The summed E-state index contributed by atoms with van der Waals surface area (Å²) in [5, 5.41) is 20.9. The number of fused-ring (bicyclic) bond motifs is 3. The highest BCUT2D eigenvalue weighted by Crippen LogP contribution is 2.37. The predicted molar refractivity (Wildman–Crippen MR) is 146 cm³/mol. The molecule has 0 fully saturated rings. The lowest BCUT2D eigenvalue weighted by atomic mass is 9.93. The van der Waals surface area contributed by atoms with Crippen LogP contribution in [0.1, 0.15) is 16.7 Å². The lowest BCUT2D eigenvalue weighted by Gasteiger charge is -2.15. The molecule has 3 heteroatoms. The number of aryl methyl sites for hydroxylation is 1. The van der Waals surface area contributed by atoms with Gasteiger partial charge in [0.25, 0.3) is 0 Å². The molecular weight excluding hydrogens is 438 g/mol. The molecule has 0 aliphatic heterocycles. The second-order valence-corrected chi connectivity index (χ2v) is 8.99. The molecule has 0 amide bonds. The van der Waals surface area contributed by atoms with Crippen molar-refractivity contribution in [3.8, 4) is 40.1 Å². The van der Waals surface area contributed by atoms with Gasteiger partial charge in [-0.1, -0.05) is 60.7 Å². The maximum absolute atomic E-state index is 9.50. The van der Waals surface area contributed by atoms with Gasteiger partial charge < -0.3 is 4.57 Å². The quantitative estimate of drug-likeness (QED) is 0.268. The summed E-state index contributed by atoms with van der Waals surface area (Å²) < 4.78 is 2.23. The summed E-state index contributed by atoms with van der Waals surface area (Å²) in [7, 11) is 0. The van der Waals surface area contributed by atoms with Gasteiger partial charge in [0.2, 0.25) is 0 Å². The molecular formula is C33H21N3. The summed E-state index contributed by atoms with van der Waals surface area (Å²) in [5.74, 6) is 0. The average molecular weight is 460 g/mol. The van der Waals surface area contributed by atoms with E-state index in [1.807, 2.05) is 42.5 Å². The topological polar surface area (TPSA) is 52.5 Å². The van der Waals surface area contributed by atoms with Gasteiger partial charge >= 0.3 is 0 Å². The van der Waals surface area contributed by atoms with Crippen molar-refractivity contribution in [2.24, 2.45) is 0 Å². The summed E-state index contributed by atoms with van der Waals surface area (Å²) in [6, 6.07) is 41.6. The molecule has 6 rings (SSSR count). The summed E-state index contributed by atoms with van der Waals surface area (Å²) in [6.07, 6.45) is 0. The van der Waals surface area contributed by atoms with E-state index in [-0.39, 0.29) is 0 Å². The molecule has 0 unspecified atom stereocenters. The van der Waals surface area contributed by atoms with E-state index in [1.54, 1.807) is 0 Å². The molecule has 0 saturated heterocycles. The van der Waals surface area contributed by atoms with Crippen LogP contribution in [-0.2, 0) is 0 Å². The Bertz CT molecular complexity index is 1790. The Hall–Kier alpha value is -5.12. The van der Waals surface area contributed by atoms with Crippen LogP contribution in [0, 0.1) is 29.6 Å². The lowest BCUT2D eigenvalue weighted by Crippen LogP contribution is -1.96. The largest absolute Gasteiger partial charge is 0.309 e. The van der Waals surface area contributed by atoms with Crippen molar-refractivity contribution >= 4 is 21.8 Å². The first kappa shape index (κ1) is 21.4. The number of benzene rings is 5. The van der Waals surface area contributed by atoms with Crippen molar-refractivity contribution in [1.29, 1.82) is 10.5 Å². The Balaban J connectivity index is 1.63. The number of hydrogen-bond donors (Lipinski definition) is 0. The smallest absolute Gasteiger partial charge is 0.0991 e. The zero-order valence-corrected chi connectivity index (χ0v) is 19.7. The first-order valence-electron chi connectivity index (χ1n) is 11.8. The summed E-state index contributed by atoms with van der Waals surface area (Å²) in [6.45, 7) is 2.12. The molecule has 0 radical (unpaired) electrons. The molecule has 168 valence electrons. The minimum Gasteiger partial charge on any atom is -0.309 e. The van der Waals surface area contributed by atoms with Crippen molar-refractivity contribution in [3.05, 3.63) is 126 Å². The molecule has 0 spiro atoms. The highest BCUT2D eigenvalue weighted by Gasteiger charge is 2.16. The molecule has 36 heavy (non-hydrogen) atoms. The van der Waals surface area contributed by atoms with Gasteiger partial charge in [-0.05, 0) is 83.3 Å². The van der Waals surface area contributed by atoms with Gasteiger partial charge in [-0.15, -0.1) is 0 Å². The van der Waals surface area contributed by atoms with Crippen LogP contribution in [0.25, 0.3) is 49.7 Å². The number of nitrogens with zero attached hydrogens (tertiary/aromatic N) is 3. The molecule has 1 aromatic heterocycles. The lowest BCUT2D eigenvalue weighted by molar-refractivity contribution is 1.17. The van der Waals surface area contributed by atoms with E-state index in [0.29, 0.717) is 11.1 Å². The maximum Gasteiger partial charge on any atom is 0.0991 e. The summed E-state index contributed by atoms with van der Waals surface area (Å²) in [5.41, 5.74) is 10.1. The van der Waals surface area contributed by atoms with Crippen molar-refractivity contribution < 1.29 is 0 Å². The van der Waals surface area contributed by atoms with E-state index >= 15 is 0 Å². The van der Waals surface area contributed by atoms with E-state index in [2.05, 4.69) is 90.4 Å². The zero-order valence-electron chi connectivity index (χ0n) is 19.7. The molecule has 0 N–H and O–H groups in total. The standard InChI is InChI=1S/C33H21N3/c1-22-15-26(29-10-6-5-9-28(29)25-7-3-2-4-8-25)19-27(16-22)36-32-13-11-23(20-34)17-30(32)31-18-24(21-35)12-14-33(31)36/h2-19H,1H3. The minimum absolute atomic E-state index is 0.602. The van der Waals surface area contributed by atoms with Gasteiger partial charge in [-0.3, -0.25) is 0 Å². The van der Waals surface area contributed by atoms with Gasteiger partial charge in [0, 0.05) is 16.5 Å². The Morgan fingerprint density at radius 3 is 1.69 bits per heavy atom. The molecule has 6 aromatic rings. The van der Waals surface area contributed by atoms with Crippen molar-refractivity contribution in [1.82, 2.24) is 4.57 Å². The van der Waals surface area contributed by atoms with Crippen LogP contribution in [0.15, 0.2) is 109 Å². The molecule has 0 aliphatic carbocycles. The highest BCUT2D eigenvalue weighted by molar-refractivity contribution is 6.10. The van der Waals surface area contributed by atoms with E-state index in [4.69, 9.17) is 0 Å². The van der Waals surface area contributed by atoms with Crippen molar-refractivity contribution in [2.45, 2.75) is 6.92 Å². The Labute approximate surface area is 209 Å². The monoisotopic (exact) mass is 459 g/mol. The van der Waals surface area contributed by atoms with Gasteiger partial charge in [0.15, 0.2) is 0 Å². The predicted octanol–water partition coefficient (Wildman–Crippen LogP) is 8.17. The number of nitriles is 2. The number of hydrogen-bond acceptors (Lipinski definition) is 2. The van der Waals surface area contributed by atoms with Crippen molar-refractivity contribution in [3.63, 3.8) is 0 Å². The second-order valence-electron chi connectivity index (χ2n) is 8.99. The van der Waals surface area contributed by atoms with Gasteiger partial charge in [0.05, 0.1) is 34.3 Å². The minimum atomic E-state index is 0.602. The Morgan fingerprint density at radius 2 is 1.11 bits per heavy atom. The van der Waals surface area contributed by atoms with Crippen LogP contribution in [0.5, 0.6) is 0 Å². The molecule has 0 saturated carbocycles. The fourth-order valence-corrected chi connectivity index (χ4v) is 5.09. The molecule has 3 nitrogen and oxygen atoms in total. The number of rotatable bonds is 3. The van der Waals surface area contributed by atoms with E-state index in [9.17, 15) is 10.5 Å². The van der Waals surface area contributed by atoms with Crippen LogP contribution in [0.2, 0.25) is 0 Å². The summed E-state index contributed by atoms with van der Waals surface area (Å²) >= 11 is 0. The third-order valence-corrected chi connectivity index (χ3v) is 6.67. The molecule has 0 bridgehead atoms. The van der Waals surface area contributed by atoms with Crippen molar-refractivity contribution in [2.75, 3.05) is 0 Å². The van der Waals surface area contributed by atoms with Gasteiger partial charge in [-0.25, -0.2) is 0 Å². The summed E-state index contributed by atoms with van der Waals surface area (Å²) in [4.78, 5) is 0. The molecule has 0 aliphatic rings. The van der Waals surface area contributed by atoms with Crippen LogP contribution >= 0.6 is 0 Å². The molecule has 5 aromatic carbocycles. The van der Waals surface area contributed by atoms with Gasteiger partial charge in [-0.2, -0.15) is 10.5 Å². The SMILES string of the molecule is Cc1cc(-c2ccccc2-c2ccccc2)cc(-n2c3ccc(C#N)cc3c3cc(C#N)ccc32)c1. The maximum atomic E-state index is 9.50. The third-order valence-electron chi connectivity index (χ3n) is 6.67. The first-order chi connectivity index (χ1) is 17.7. The number of aromatic nitrogens is 1. The van der Waals surface area contributed by atoms with Crippen LogP contribution in [0.4, 0.5) is 0 Å². The second kappa shape index (κ2) is 8.58. The zero-order chi connectivity index (χ0) is 24.6.